The number of hydrogen-bond donors (Lipinski definition) is 0. The largest absolute Gasteiger partial charge is 0.487 e. The average molecular weight is 451 g/mol. The Morgan fingerprint density at radius 3 is 1.84 bits per heavy atom. The van der Waals surface area contributed by atoms with Crippen molar-refractivity contribution in [1.29, 1.82) is 0 Å². The van der Waals surface area contributed by atoms with Crippen LogP contribution in [0.15, 0.2) is 24.8 Å². The minimum Gasteiger partial charge on any atom is -0.487 e. The molecule has 0 radical (unpaired) electrons. The zero-order valence-corrected chi connectivity index (χ0v) is 20.0. The molecule has 180 valence electrons. The van der Waals surface area contributed by atoms with Crippen LogP contribution in [0.5, 0.6) is 5.75 Å². The van der Waals surface area contributed by atoms with E-state index in [1.807, 2.05) is 0 Å². The molecule has 5 heteroatoms. The molecule has 2 aliphatic carbocycles. The van der Waals surface area contributed by atoms with Gasteiger partial charge in [-0.25, -0.2) is 13.6 Å². The van der Waals surface area contributed by atoms with Gasteiger partial charge in [0.25, 0.3) is 0 Å². The summed E-state index contributed by atoms with van der Waals surface area (Å²) in [6.45, 7) is 10.4. The third kappa shape index (κ3) is 8.91. The normalized spacial score (nSPS) is 25.3. The Balaban J connectivity index is 0.000000380. The molecular weight excluding hydrogens is 410 g/mol. The van der Waals surface area contributed by atoms with E-state index in [-0.39, 0.29) is 24.9 Å². The van der Waals surface area contributed by atoms with E-state index >= 15 is 0 Å². The number of hydrogen-bond acceptors (Lipinski definition) is 3. The maximum atomic E-state index is 14.2. The molecule has 2 saturated carbocycles. The van der Waals surface area contributed by atoms with Crippen molar-refractivity contribution in [3.8, 4) is 5.75 Å². The summed E-state index contributed by atoms with van der Waals surface area (Å²) in [4.78, 5) is 10.9. The van der Waals surface area contributed by atoms with Gasteiger partial charge in [0.15, 0.2) is 17.4 Å². The van der Waals surface area contributed by atoms with Gasteiger partial charge >= 0.3 is 5.97 Å². The van der Waals surface area contributed by atoms with Gasteiger partial charge in [-0.2, -0.15) is 0 Å². The lowest BCUT2D eigenvalue weighted by molar-refractivity contribution is -0.137. The maximum absolute atomic E-state index is 14.2. The van der Waals surface area contributed by atoms with Crippen molar-refractivity contribution in [1.82, 2.24) is 0 Å². The standard InChI is InChI=1S/C19H24F2O3.C8H16/c1-3-18(22)23-9-4-10-24-19-16(20)11-15(12-17(19)21)14-7-5-13(2)6-8-14;1-7-3-5-8(2)6-4-7/h3,11-14H,1,4-10H2,2H3;7-8H,3-6H2,1-2H3. The number of rotatable bonds is 7. The second-order valence-corrected chi connectivity index (χ2v) is 9.71. The van der Waals surface area contributed by atoms with Crippen LogP contribution in [0.4, 0.5) is 8.78 Å². The van der Waals surface area contributed by atoms with E-state index in [0.29, 0.717) is 17.9 Å². The van der Waals surface area contributed by atoms with Crippen molar-refractivity contribution in [2.75, 3.05) is 13.2 Å². The minimum absolute atomic E-state index is 0.0680. The van der Waals surface area contributed by atoms with E-state index in [1.165, 1.54) is 37.8 Å². The first-order chi connectivity index (χ1) is 15.3. The highest BCUT2D eigenvalue weighted by Gasteiger charge is 2.22. The average Bonchev–Trinajstić information content (AvgIpc) is 2.77. The van der Waals surface area contributed by atoms with Crippen LogP contribution in [-0.2, 0) is 9.53 Å². The van der Waals surface area contributed by atoms with Crippen LogP contribution < -0.4 is 4.74 Å². The van der Waals surface area contributed by atoms with Gasteiger partial charge < -0.3 is 9.47 Å². The second kappa shape index (κ2) is 13.6. The Bertz CT molecular complexity index is 685. The molecule has 32 heavy (non-hydrogen) atoms. The molecule has 3 rings (SSSR count). The Morgan fingerprint density at radius 1 is 0.906 bits per heavy atom. The summed E-state index contributed by atoms with van der Waals surface area (Å²) in [5.41, 5.74) is 0.712. The smallest absolute Gasteiger partial charge is 0.330 e. The van der Waals surface area contributed by atoms with E-state index in [1.54, 1.807) is 0 Å². The summed E-state index contributed by atoms with van der Waals surface area (Å²) >= 11 is 0. The molecule has 1 aromatic carbocycles. The van der Waals surface area contributed by atoms with Crippen LogP contribution in [0.2, 0.25) is 0 Å². The number of carbonyl (C=O) groups is 1. The van der Waals surface area contributed by atoms with E-state index in [0.717, 1.165) is 43.6 Å². The lowest BCUT2D eigenvalue weighted by atomic mass is 9.79. The van der Waals surface area contributed by atoms with Crippen LogP contribution in [0, 0.1) is 29.4 Å². The Hall–Kier alpha value is -1.91. The van der Waals surface area contributed by atoms with Crippen molar-refractivity contribution >= 4 is 5.97 Å². The summed E-state index contributed by atoms with van der Waals surface area (Å²) in [6.07, 6.45) is 11.4. The highest BCUT2D eigenvalue weighted by Crippen LogP contribution is 2.37. The second-order valence-electron chi connectivity index (χ2n) is 9.71. The topological polar surface area (TPSA) is 35.5 Å². The molecule has 2 fully saturated rings. The minimum atomic E-state index is -0.674. The van der Waals surface area contributed by atoms with Gasteiger partial charge in [-0.1, -0.05) is 65.9 Å². The molecule has 0 spiro atoms. The molecule has 0 atom stereocenters. The molecule has 0 saturated heterocycles. The maximum Gasteiger partial charge on any atom is 0.330 e. The van der Waals surface area contributed by atoms with Gasteiger partial charge in [0.05, 0.1) is 13.2 Å². The molecule has 0 heterocycles. The SMILES string of the molecule is C=CC(=O)OCCCOc1c(F)cc(C2CCC(C)CC2)cc1F.CC1CCC(C)CC1. The zero-order valence-electron chi connectivity index (χ0n) is 20.0. The Kier molecular flexibility index (Phi) is 11.2. The van der Waals surface area contributed by atoms with Gasteiger partial charge in [-0.05, 0) is 54.2 Å². The lowest BCUT2D eigenvalue weighted by Gasteiger charge is -2.26. The van der Waals surface area contributed by atoms with E-state index in [2.05, 4.69) is 27.4 Å². The Morgan fingerprint density at radius 2 is 1.38 bits per heavy atom. The Labute approximate surface area is 192 Å². The van der Waals surface area contributed by atoms with Gasteiger partial charge in [-0.15, -0.1) is 0 Å². The molecule has 0 aliphatic heterocycles. The predicted molar refractivity (Wildman–Crippen MR) is 125 cm³/mol. The summed E-state index contributed by atoms with van der Waals surface area (Å²) in [6, 6.07) is 2.77. The molecule has 0 aromatic heterocycles. The molecule has 2 aliphatic rings. The monoisotopic (exact) mass is 450 g/mol. The van der Waals surface area contributed by atoms with Crippen LogP contribution in [-0.4, -0.2) is 19.2 Å². The van der Waals surface area contributed by atoms with Crippen LogP contribution in [0.1, 0.15) is 90.0 Å². The van der Waals surface area contributed by atoms with Gasteiger partial charge in [0.2, 0.25) is 0 Å². The summed E-state index contributed by atoms with van der Waals surface area (Å²) in [5, 5.41) is 0. The zero-order chi connectivity index (χ0) is 23.5. The number of esters is 1. The van der Waals surface area contributed by atoms with Crippen LogP contribution in [0.3, 0.4) is 0 Å². The molecular formula is C27H40F2O3. The molecule has 0 bridgehead atoms. The summed E-state index contributed by atoms with van der Waals surface area (Å²) in [5.74, 6) is 0.707. The predicted octanol–water partition coefficient (Wildman–Crippen LogP) is 7.59. The van der Waals surface area contributed by atoms with E-state index < -0.39 is 17.6 Å². The van der Waals surface area contributed by atoms with Gasteiger partial charge in [0.1, 0.15) is 0 Å². The fourth-order valence-corrected chi connectivity index (χ4v) is 4.44. The summed E-state index contributed by atoms with van der Waals surface area (Å²) < 4.78 is 38.3. The number of halogens is 2. The molecule has 0 unspecified atom stereocenters. The first kappa shape index (κ1) is 26.3. The number of benzene rings is 1. The van der Waals surface area contributed by atoms with Crippen LogP contribution >= 0.6 is 0 Å². The van der Waals surface area contributed by atoms with Gasteiger partial charge in [0, 0.05) is 12.5 Å². The third-order valence-electron chi connectivity index (χ3n) is 6.76. The van der Waals surface area contributed by atoms with Crippen molar-refractivity contribution in [3.05, 3.63) is 42.0 Å². The van der Waals surface area contributed by atoms with Gasteiger partial charge in [-0.3, -0.25) is 0 Å². The lowest BCUT2D eigenvalue weighted by Crippen LogP contribution is -2.12. The summed E-state index contributed by atoms with van der Waals surface area (Å²) in [7, 11) is 0. The first-order valence-electron chi connectivity index (χ1n) is 12.2. The van der Waals surface area contributed by atoms with Crippen molar-refractivity contribution in [3.63, 3.8) is 0 Å². The number of ether oxygens (including phenoxy) is 2. The van der Waals surface area contributed by atoms with E-state index in [9.17, 15) is 13.6 Å². The molecule has 3 nitrogen and oxygen atoms in total. The van der Waals surface area contributed by atoms with Crippen molar-refractivity contribution < 1.29 is 23.0 Å². The van der Waals surface area contributed by atoms with Crippen LogP contribution in [0.25, 0.3) is 0 Å². The van der Waals surface area contributed by atoms with Crippen molar-refractivity contribution in [2.24, 2.45) is 17.8 Å². The molecule has 0 amide bonds. The van der Waals surface area contributed by atoms with Crippen molar-refractivity contribution in [2.45, 2.75) is 84.5 Å². The fourth-order valence-electron chi connectivity index (χ4n) is 4.44. The number of carbonyl (C=O) groups excluding carboxylic acids is 1. The molecule has 0 N–H and O–H groups in total. The third-order valence-corrected chi connectivity index (χ3v) is 6.76. The molecule has 1 aromatic rings. The van der Waals surface area contributed by atoms with E-state index in [4.69, 9.17) is 9.47 Å². The fraction of sp³-hybridized carbons (Fsp3) is 0.667. The highest BCUT2D eigenvalue weighted by atomic mass is 19.1. The highest BCUT2D eigenvalue weighted by molar-refractivity contribution is 5.81. The quantitative estimate of drug-likeness (QED) is 0.244. The first-order valence-corrected chi connectivity index (χ1v) is 12.2.